The molecule has 17 heavy (non-hydrogen) atoms. The summed E-state index contributed by atoms with van der Waals surface area (Å²) in [6.07, 6.45) is -0.455. The molecule has 0 saturated carbocycles. The molecule has 0 spiro atoms. The van der Waals surface area contributed by atoms with Gasteiger partial charge in [0.25, 0.3) is 0 Å². The minimum absolute atomic E-state index is 0.279. The van der Waals surface area contributed by atoms with E-state index in [1.54, 1.807) is 24.3 Å². The summed E-state index contributed by atoms with van der Waals surface area (Å²) in [5.41, 5.74) is 0.839. The molecule has 0 aliphatic rings. The monoisotopic (exact) mass is 257 g/mol. The molecule has 5 nitrogen and oxygen atoms in total. The van der Waals surface area contributed by atoms with Crippen LogP contribution in [-0.4, -0.2) is 28.2 Å². The average molecular weight is 258 g/mol. The maximum atomic E-state index is 10.8. The van der Waals surface area contributed by atoms with Crippen molar-refractivity contribution in [3.8, 4) is 0 Å². The first-order valence-corrected chi connectivity index (χ1v) is 5.29. The number of benzene rings is 1. The van der Waals surface area contributed by atoms with Crippen LogP contribution >= 0.6 is 11.6 Å². The van der Waals surface area contributed by atoms with Gasteiger partial charge in [0.05, 0.1) is 6.42 Å². The Morgan fingerprint density at radius 1 is 1.24 bits per heavy atom. The molecule has 0 fully saturated rings. The van der Waals surface area contributed by atoms with Crippen LogP contribution in [0.15, 0.2) is 24.3 Å². The second-order valence-corrected chi connectivity index (χ2v) is 3.93. The van der Waals surface area contributed by atoms with E-state index in [1.807, 2.05) is 0 Å². The molecule has 3 N–H and O–H groups in total. The van der Waals surface area contributed by atoms with Crippen molar-refractivity contribution in [3.05, 3.63) is 34.9 Å². The minimum atomic E-state index is -1.18. The molecule has 1 rings (SSSR count). The van der Waals surface area contributed by atoms with Crippen molar-refractivity contribution in [1.29, 1.82) is 0 Å². The first-order chi connectivity index (χ1) is 7.99. The van der Waals surface area contributed by atoms with E-state index < -0.39 is 24.4 Å². The molecule has 0 radical (unpaired) electrons. The summed E-state index contributed by atoms with van der Waals surface area (Å²) in [7, 11) is 0. The third kappa shape index (κ3) is 4.84. The van der Waals surface area contributed by atoms with Crippen molar-refractivity contribution in [3.63, 3.8) is 0 Å². The molecule has 1 aromatic carbocycles. The normalized spacial score (nSPS) is 12.1. The lowest BCUT2D eigenvalue weighted by molar-refractivity contribution is -0.146. The Kier molecular flexibility index (Phi) is 4.93. The number of aliphatic carboxylic acids is 2. The third-order valence-corrected chi connectivity index (χ3v) is 2.39. The van der Waals surface area contributed by atoms with E-state index in [2.05, 4.69) is 5.32 Å². The first kappa shape index (κ1) is 13.5. The SMILES string of the molecule is O=C(O)C[C@H](NCc1ccc(Cl)cc1)C(=O)O. The molecule has 6 heteroatoms. The van der Waals surface area contributed by atoms with Crippen molar-refractivity contribution >= 4 is 23.5 Å². The van der Waals surface area contributed by atoms with Gasteiger partial charge < -0.3 is 10.2 Å². The van der Waals surface area contributed by atoms with Crippen molar-refractivity contribution in [2.45, 2.75) is 19.0 Å². The number of rotatable bonds is 6. The fraction of sp³-hybridized carbons (Fsp3) is 0.273. The first-order valence-electron chi connectivity index (χ1n) is 4.91. The van der Waals surface area contributed by atoms with Gasteiger partial charge in [-0.2, -0.15) is 0 Å². The molecule has 1 aromatic rings. The van der Waals surface area contributed by atoms with Gasteiger partial charge in [0.1, 0.15) is 6.04 Å². The predicted octanol–water partition coefficient (Wildman–Crippen LogP) is 1.36. The molecule has 92 valence electrons. The summed E-state index contributed by atoms with van der Waals surface area (Å²) in [6, 6.07) is 5.77. The topological polar surface area (TPSA) is 86.6 Å². The summed E-state index contributed by atoms with van der Waals surface area (Å²) < 4.78 is 0. The van der Waals surface area contributed by atoms with Gasteiger partial charge in [-0.25, -0.2) is 0 Å². The van der Waals surface area contributed by atoms with E-state index in [1.165, 1.54) is 0 Å². The van der Waals surface area contributed by atoms with Crippen LogP contribution < -0.4 is 5.32 Å². The Hall–Kier alpha value is -1.59. The highest BCUT2D eigenvalue weighted by atomic mass is 35.5. The molecule has 0 aliphatic heterocycles. The molecule has 0 bridgehead atoms. The Balaban J connectivity index is 2.54. The van der Waals surface area contributed by atoms with E-state index in [0.717, 1.165) is 5.56 Å². The molecule has 0 unspecified atom stereocenters. The summed E-state index contributed by atoms with van der Waals surface area (Å²) in [6.45, 7) is 0.279. The fourth-order valence-corrected chi connectivity index (χ4v) is 1.39. The molecule has 0 saturated heterocycles. The highest BCUT2D eigenvalue weighted by Crippen LogP contribution is 2.09. The van der Waals surface area contributed by atoms with Crippen LogP contribution in [0.3, 0.4) is 0 Å². The standard InChI is InChI=1S/C11H12ClNO4/c12-8-3-1-7(2-4-8)6-13-9(11(16)17)5-10(14)15/h1-4,9,13H,5-6H2,(H,14,15)(H,16,17)/t9-/m0/s1. The molecule has 0 aliphatic carbocycles. The number of hydrogen-bond acceptors (Lipinski definition) is 3. The molecule has 0 heterocycles. The number of halogens is 1. The van der Waals surface area contributed by atoms with Crippen LogP contribution in [0.1, 0.15) is 12.0 Å². The van der Waals surface area contributed by atoms with Gasteiger partial charge in [-0.05, 0) is 17.7 Å². The number of carboxylic acids is 2. The molecular weight excluding hydrogens is 246 g/mol. The highest BCUT2D eigenvalue weighted by Gasteiger charge is 2.19. The van der Waals surface area contributed by atoms with Crippen LogP contribution in [0.25, 0.3) is 0 Å². The fourth-order valence-electron chi connectivity index (χ4n) is 1.26. The van der Waals surface area contributed by atoms with E-state index in [-0.39, 0.29) is 6.54 Å². The van der Waals surface area contributed by atoms with Crippen LogP contribution in [0.4, 0.5) is 0 Å². The van der Waals surface area contributed by atoms with Crippen LogP contribution in [-0.2, 0) is 16.1 Å². The smallest absolute Gasteiger partial charge is 0.321 e. The summed E-state index contributed by atoms with van der Waals surface area (Å²) in [4.78, 5) is 21.2. The lowest BCUT2D eigenvalue weighted by Crippen LogP contribution is -2.38. The average Bonchev–Trinajstić information content (AvgIpc) is 2.25. The van der Waals surface area contributed by atoms with Gasteiger partial charge in [0.2, 0.25) is 0 Å². The van der Waals surface area contributed by atoms with Gasteiger partial charge in [0, 0.05) is 11.6 Å². The Morgan fingerprint density at radius 3 is 2.29 bits per heavy atom. The second-order valence-electron chi connectivity index (χ2n) is 3.50. The third-order valence-electron chi connectivity index (χ3n) is 2.14. The highest BCUT2D eigenvalue weighted by molar-refractivity contribution is 6.30. The molecule has 0 aromatic heterocycles. The molecular formula is C11H12ClNO4. The number of nitrogens with one attached hydrogen (secondary N) is 1. The zero-order valence-electron chi connectivity index (χ0n) is 8.89. The molecule has 1 atom stereocenters. The van der Waals surface area contributed by atoms with Gasteiger partial charge in [-0.15, -0.1) is 0 Å². The summed E-state index contributed by atoms with van der Waals surface area (Å²) in [5, 5.41) is 20.6. The second kappa shape index (κ2) is 6.22. The van der Waals surface area contributed by atoms with Crippen molar-refractivity contribution in [2.75, 3.05) is 0 Å². The minimum Gasteiger partial charge on any atom is -0.481 e. The van der Waals surface area contributed by atoms with Gasteiger partial charge in [-0.3, -0.25) is 14.9 Å². The number of hydrogen-bond donors (Lipinski definition) is 3. The van der Waals surface area contributed by atoms with Crippen molar-refractivity contribution < 1.29 is 19.8 Å². The largest absolute Gasteiger partial charge is 0.481 e. The van der Waals surface area contributed by atoms with Crippen molar-refractivity contribution in [2.24, 2.45) is 0 Å². The maximum absolute atomic E-state index is 10.8. The van der Waals surface area contributed by atoms with Crippen LogP contribution in [0.5, 0.6) is 0 Å². The van der Waals surface area contributed by atoms with Crippen LogP contribution in [0.2, 0.25) is 5.02 Å². The Morgan fingerprint density at radius 2 is 1.82 bits per heavy atom. The van der Waals surface area contributed by atoms with E-state index in [9.17, 15) is 9.59 Å². The van der Waals surface area contributed by atoms with Gasteiger partial charge >= 0.3 is 11.9 Å². The van der Waals surface area contributed by atoms with E-state index in [0.29, 0.717) is 5.02 Å². The summed E-state index contributed by atoms with van der Waals surface area (Å²) in [5.74, 6) is -2.33. The lowest BCUT2D eigenvalue weighted by Gasteiger charge is -2.12. The maximum Gasteiger partial charge on any atom is 0.321 e. The summed E-state index contributed by atoms with van der Waals surface area (Å²) >= 11 is 5.70. The van der Waals surface area contributed by atoms with Gasteiger partial charge in [-0.1, -0.05) is 23.7 Å². The number of carboxylic acid groups (broad SMARTS) is 2. The van der Waals surface area contributed by atoms with E-state index >= 15 is 0 Å². The number of carbonyl (C=O) groups is 2. The Bertz CT molecular complexity index is 404. The lowest BCUT2D eigenvalue weighted by atomic mass is 10.1. The van der Waals surface area contributed by atoms with Crippen molar-refractivity contribution in [1.82, 2.24) is 5.32 Å². The van der Waals surface area contributed by atoms with Gasteiger partial charge in [0.15, 0.2) is 0 Å². The molecule has 0 amide bonds. The Labute approximate surface area is 103 Å². The quantitative estimate of drug-likeness (QED) is 0.716. The zero-order valence-corrected chi connectivity index (χ0v) is 9.65. The van der Waals surface area contributed by atoms with Crippen LogP contribution in [0, 0.1) is 0 Å². The predicted molar refractivity (Wildman–Crippen MR) is 62.0 cm³/mol. The van der Waals surface area contributed by atoms with E-state index in [4.69, 9.17) is 21.8 Å². The zero-order chi connectivity index (χ0) is 12.8.